The van der Waals surface area contributed by atoms with Crippen LogP contribution in [0.15, 0.2) is 55.0 Å². The Bertz CT molecular complexity index is 1030. The Morgan fingerprint density at radius 2 is 2.08 bits per heavy atom. The number of hydrogen-bond donors (Lipinski definition) is 2. The Hall–Kier alpha value is -3.08. The summed E-state index contributed by atoms with van der Waals surface area (Å²) in [5, 5.41) is 4.15. The number of carbonyl (C=O) groups excluding carboxylic acids is 1. The molecule has 0 spiro atoms. The van der Waals surface area contributed by atoms with Crippen LogP contribution >= 0.6 is 0 Å². The highest BCUT2D eigenvalue weighted by Gasteiger charge is 2.11. The normalized spacial score (nSPS) is 11.2. The highest BCUT2D eigenvalue weighted by Crippen LogP contribution is 2.17. The lowest BCUT2D eigenvalue weighted by atomic mass is 10.1. The molecule has 0 radical (unpaired) electrons. The molecular weight excluding hydrogens is 300 g/mol. The molecule has 0 atom stereocenters. The number of para-hydroxylation sites is 1. The van der Waals surface area contributed by atoms with Gasteiger partial charge in [-0.1, -0.05) is 24.3 Å². The maximum Gasteiger partial charge on any atom is 0.271 e. The van der Waals surface area contributed by atoms with E-state index in [9.17, 15) is 4.79 Å². The van der Waals surface area contributed by atoms with Crippen LogP contribution in [-0.4, -0.2) is 26.8 Å². The molecule has 5 heteroatoms. The number of imidazole rings is 1. The van der Waals surface area contributed by atoms with Crippen molar-refractivity contribution >= 4 is 22.5 Å². The summed E-state index contributed by atoms with van der Waals surface area (Å²) in [7, 11) is 0. The second-order valence-electron chi connectivity index (χ2n) is 5.96. The van der Waals surface area contributed by atoms with E-state index in [-0.39, 0.29) is 5.91 Å². The van der Waals surface area contributed by atoms with Gasteiger partial charge >= 0.3 is 0 Å². The van der Waals surface area contributed by atoms with Crippen molar-refractivity contribution in [3.63, 3.8) is 0 Å². The molecule has 0 aliphatic rings. The Labute approximate surface area is 139 Å². The molecule has 120 valence electrons. The minimum Gasteiger partial charge on any atom is -0.361 e. The molecule has 1 amide bonds. The van der Waals surface area contributed by atoms with Crippen molar-refractivity contribution in [2.75, 3.05) is 6.54 Å². The summed E-state index contributed by atoms with van der Waals surface area (Å²) in [5.41, 5.74) is 4.68. The molecule has 1 aromatic carbocycles. The van der Waals surface area contributed by atoms with Crippen molar-refractivity contribution in [3.8, 4) is 0 Å². The molecule has 4 aromatic rings. The summed E-state index contributed by atoms with van der Waals surface area (Å²) < 4.78 is 1.88. The van der Waals surface area contributed by atoms with Gasteiger partial charge in [-0.2, -0.15) is 0 Å². The highest BCUT2D eigenvalue weighted by atomic mass is 16.1. The second kappa shape index (κ2) is 5.85. The first-order valence-corrected chi connectivity index (χ1v) is 7.99. The summed E-state index contributed by atoms with van der Waals surface area (Å²) in [5.74, 6) is -0.142. The summed E-state index contributed by atoms with van der Waals surface area (Å²) in [6.45, 7) is 2.59. The molecule has 0 bridgehead atoms. The van der Waals surface area contributed by atoms with Crippen LogP contribution in [0.4, 0.5) is 0 Å². The fourth-order valence-electron chi connectivity index (χ4n) is 2.95. The zero-order valence-corrected chi connectivity index (χ0v) is 13.4. The molecule has 0 saturated heterocycles. The number of benzene rings is 1. The van der Waals surface area contributed by atoms with Crippen LogP contribution in [0.25, 0.3) is 16.6 Å². The zero-order chi connectivity index (χ0) is 16.5. The van der Waals surface area contributed by atoms with Crippen LogP contribution in [0, 0.1) is 6.92 Å². The van der Waals surface area contributed by atoms with Gasteiger partial charge in [0, 0.05) is 36.0 Å². The van der Waals surface area contributed by atoms with Gasteiger partial charge in [0.1, 0.15) is 11.3 Å². The van der Waals surface area contributed by atoms with Gasteiger partial charge in [0.05, 0.1) is 0 Å². The molecule has 4 rings (SSSR count). The van der Waals surface area contributed by atoms with Gasteiger partial charge in [0.15, 0.2) is 0 Å². The molecular formula is C19H18N4O. The number of carbonyl (C=O) groups is 1. The molecule has 0 fully saturated rings. The van der Waals surface area contributed by atoms with Crippen LogP contribution in [0.2, 0.25) is 0 Å². The number of pyridine rings is 1. The first kappa shape index (κ1) is 14.5. The topological polar surface area (TPSA) is 62.2 Å². The van der Waals surface area contributed by atoms with Crippen molar-refractivity contribution in [1.82, 2.24) is 19.7 Å². The van der Waals surface area contributed by atoms with Crippen molar-refractivity contribution in [3.05, 3.63) is 71.8 Å². The van der Waals surface area contributed by atoms with Crippen molar-refractivity contribution < 1.29 is 4.79 Å². The summed E-state index contributed by atoms with van der Waals surface area (Å²) >= 11 is 0. The van der Waals surface area contributed by atoms with Crippen LogP contribution in [-0.2, 0) is 6.42 Å². The lowest BCUT2D eigenvalue weighted by molar-refractivity contribution is 0.0950. The number of nitrogens with zero attached hydrogens (tertiary/aromatic N) is 2. The second-order valence-corrected chi connectivity index (χ2v) is 5.96. The Morgan fingerprint density at radius 3 is 3.00 bits per heavy atom. The lowest BCUT2D eigenvalue weighted by Gasteiger charge is -2.02. The molecule has 2 N–H and O–H groups in total. The number of H-pyrrole nitrogens is 1. The molecule has 0 saturated carbocycles. The van der Waals surface area contributed by atoms with E-state index in [1.54, 1.807) is 6.20 Å². The van der Waals surface area contributed by atoms with Gasteiger partial charge in [0.25, 0.3) is 5.91 Å². The Kier molecular flexibility index (Phi) is 3.54. The molecule has 0 aliphatic heterocycles. The predicted molar refractivity (Wildman–Crippen MR) is 94.3 cm³/mol. The van der Waals surface area contributed by atoms with Gasteiger partial charge in [-0.25, -0.2) is 4.98 Å². The molecule has 24 heavy (non-hydrogen) atoms. The van der Waals surface area contributed by atoms with E-state index in [4.69, 9.17) is 0 Å². The van der Waals surface area contributed by atoms with Gasteiger partial charge in [-0.3, -0.25) is 4.79 Å². The van der Waals surface area contributed by atoms with Crippen LogP contribution < -0.4 is 5.32 Å². The van der Waals surface area contributed by atoms with E-state index in [1.807, 2.05) is 48.0 Å². The quantitative estimate of drug-likeness (QED) is 0.607. The maximum absolute atomic E-state index is 12.3. The standard InChI is InChI=1S/C19H18N4O/c1-13-6-7-18-22-17(12-23(18)11-13)19(24)20-9-8-14-10-21-16-5-3-2-4-15(14)16/h2-7,10-12,21H,8-9H2,1H3,(H,20,24). The highest BCUT2D eigenvalue weighted by molar-refractivity contribution is 5.93. The molecule has 0 unspecified atom stereocenters. The smallest absolute Gasteiger partial charge is 0.271 e. The van der Waals surface area contributed by atoms with Gasteiger partial charge in [-0.15, -0.1) is 0 Å². The van der Waals surface area contributed by atoms with E-state index in [1.165, 1.54) is 10.9 Å². The lowest BCUT2D eigenvalue weighted by Crippen LogP contribution is -2.25. The van der Waals surface area contributed by atoms with E-state index >= 15 is 0 Å². The van der Waals surface area contributed by atoms with Crippen molar-refractivity contribution in [1.29, 1.82) is 0 Å². The SMILES string of the molecule is Cc1ccc2nc(C(=O)NCCc3c[nH]c4ccccc34)cn2c1. The average Bonchev–Trinajstić information content (AvgIpc) is 3.18. The first-order valence-electron chi connectivity index (χ1n) is 7.99. The van der Waals surface area contributed by atoms with Gasteiger partial charge < -0.3 is 14.7 Å². The summed E-state index contributed by atoms with van der Waals surface area (Å²) in [6, 6.07) is 12.1. The number of nitrogens with one attached hydrogen (secondary N) is 2. The molecule has 5 nitrogen and oxygen atoms in total. The third-order valence-corrected chi connectivity index (χ3v) is 4.19. The minimum absolute atomic E-state index is 0.142. The van der Waals surface area contributed by atoms with Gasteiger partial charge in [-0.05, 0) is 36.6 Å². The van der Waals surface area contributed by atoms with E-state index < -0.39 is 0 Å². The minimum atomic E-state index is -0.142. The van der Waals surface area contributed by atoms with Crippen molar-refractivity contribution in [2.24, 2.45) is 0 Å². The molecule has 0 aliphatic carbocycles. The predicted octanol–water partition coefficient (Wildman–Crippen LogP) is 3.10. The number of aryl methyl sites for hydroxylation is 1. The van der Waals surface area contributed by atoms with E-state index in [0.29, 0.717) is 12.2 Å². The van der Waals surface area contributed by atoms with Gasteiger partial charge in [0.2, 0.25) is 0 Å². The largest absolute Gasteiger partial charge is 0.361 e. The number of aromatic nitrogens is 3. The third kappa shape index (κ3) is 2.65. The number of rotatable bonds is 4. The van der Waals surface area contributed by atoms with Crippen LogP contribution in [0.5, 0.6) is 0 Å². The molecule has 3 aromatic heterocycles. The number of hydrogen-bond acceptors (Lipinski definition) is 2. The zero-order valence-electron chi connectivity index (χ0n) is 13.4. The monoisotopic (exact) mass is 318 g/mol. The van der Waals surface area contributed by atoms with E-state index in [0.717, 1.165) is 23.1 Å². The van der Waals surface area contributed by atoms with Crippen molar-refractivity contribution in [2.45, 2.75) is 13.3 Å². The number of amides is 1. The number of aromatic amines is 1. The third-order valence-electron chi connectivity index (χ3n) is 4.19. The van der Waals surface area contributed by atoms with E-state index in [2.05, 4.69) is 27.4 Å². The average molecular weight is 318 g/mol. The summed E-state index contributed by atoms with van der Waals surface area (Å²) in [4.78, 5) is 19.9. The summed E-state index contributed by atoms with van der Waals surface area (Å²) in [6.07, 6.45) is 6.52. The first-order chi connectivity index (χ1) is 11.7. The van der Waals surface area contributed by atoms with Crippen LogP contribution in [0.3, 0.4) is 0 Å². The Balaban J connectivity index is 1.44. The number of fused-ring (bicyclic) bond motifs is 2. The van der Waals surface area contributed by atoms with Crippen LogP contribution in [0.1, 0.15) is 21.6 Å². The Morgan fingerprint density at radius 1 is 1.21 bits per heavy atom. The molecule has 3 heterocycles. The fourth-order valence-corrected chi connectivity index (χ4v) is 2.95. The fraction of sp³-hybridized carbons (Fsp3) is 0.158. The maximum atomic E-state index is 12.3.